The van der Waals surface area contributed by atoms with E-state index in [9.17, 15) is 4.79 Å². The maximum atomic E-state index is 13.2. The Morgan fingerprint density at radius 1 is 1.16 bits per heavy atom. The molecule has 6 heteroatoms. The summed E-state index contributed by atoms with van der Waals surface area (Å²) in [6, 6.07) is 15.8. The van der Waals surface area contributed by atoms with Crippen LogP contribution in [0, 0.1) is 25.2 Å². The Balaban J connectivity index is 1.67. The van der Waals surface area contributed by atoms with Crippen molar-refractivity contribution in [3.05, 3.63) is 76.6 Å². The van der Waals surface area contributed by atoms with E-state index in [1.807, 2.05) is 28.9 Å². The van der Waals surface area contributed by atoms with Crippen molar-refractivity contribution in [2.75, 3.05) is 18.4 Å². The fourth-order valence-corrected chi connectivity index (χ4v) is 4.08. The van der Waals surface area contributed by atoms with Gasteiger partial charge in [0.1, 0.15) is 0 Å². The lowest BCUT2D eigenvalue weighted by molar-refractivity contribution is 0.102. The van der Waals surface area contributed by atoms with Crippen molar-refractivity contribution in [2.45, 2.75) is 39.0 Å². The predicted molar refractivity (Wildman–Crippen MR) is 122 cm³/mol. The number of nitrogens with zero attached hydrogens (tertiary/aromatic N) is 3. The molecule has 1 aliphatic heterocycles. The topological polar surface area (TPSA) is 82.7 Å². The lowest BCUT2D eigenvalue weighted by atomic mass is 9.91. The van der Waals surface area contributed by atoms with Gasteiger partial charge in [-0.15, -0.1) is 0 Å². The molecule has 2 heterocycles. The number of piperidine rings is 1. The molecule has 0 unspecified atom stereocenters. The van der Waals surface area contributed by atoms with Crippen LogP contribution < -0.4 is 10.6 Å². The molecule has 0 aliphatic carbocycles. The van der Waals surface area contributed by atoms with Crippen molar-refractivity contribution in [1.29, 1.82) is 5.26 Å². The smallest absolute Gasteiger partial charge is 0.259 e. The van der Waals surface area contributed by atoms with Gasteiger partial charge in [-0.3, -0.25) is 4.79 Å². The van der Waals surface area contributed by atoms with Crippen LogP contribution in [0.5, 0.6) is 0 Å². The van der Waals surface area contributed by atoms with Crippen molar-refractivity contribution in [1.82, 2.24) is 15.1 Å². The molecular weight excluding hydrogens is 386 g/mol. The highest BCUT2D eigenvalue weighted by atomic mass is 16.1. The third-order valence-electron chi connectivity index (χ3n) is 6.01. The van der Waals surface area contributed by atoms with E-state index in [0.29, 0.717) is 17.7 Å². The Morgan fingerprint density at radius 3 is 2.58 bits per heavy atom. The molecule has 0 atom stereocenters. The molecule has 31 heavy (non-hydrogen) atoms. The van der Waals surface area contributed by atoms with Crippen LogP contribution in [0.4, 0.5) is 5.69 Å². The molecule has 4 rings (SSSR count). The van der Waals surface area contributed by atoms with E-state index in [0.717, 1.165) is 42.9 Å². The fraction of sp³-hybridized carbons (Fsp3) is 0.320. The summed E-state index contributed by atoms with van der Waals surface area (Å²) in [5.74, 6) is 0.112. The molecule has 0 bridgehead atoms. The van der Waals surface area contributed by atoms with Gasteiger partial charge in [-0.1, -0.05) is 18.2 Å². The van der Waals surface area contributed by atoms with Crippen LogP contribution in [0.3, 0.4) is 0 Å². The number of aromatic nitrogens is 2. The Bertz CT molecular complexity index is 1120. The third-order valence-corrected chi connectivity index (χ3v) is 6.01. The number of carbonyl (C=O) groups is 1. The summed E-state index contributed by atoms with van der Waals surface area (Å²) in [6.45, 7) is 6.06. The first-order valence-electron chi connectivity index (χ1n) is 10.7. The van der Waals surface area contributed by atoms with Gasteiger partial charge >= 0.3 is 0 Å². The Labute approximate surface area is 182 Å². The lowest BCUT2D eigenvalue weighted by Gasteiger charge is -2.25. The highest BCUT2D eigenvalue weighted by molar-refractivity contribution is 6.05. The van der Waals surface area contributed by atoms with Crippen LogP contribution in [0.15, 0.2) is 48.7 Å². The standard InChI is InChI=1S/C25H27N5O/c1-17-3-8-22(15-18(17)2)30-24(20-10-13-27-14-11-20)23(16-28-30)25(31)29-21-6-4-19(5-7-21)9-12-26/h3-8,15-16,20,27H,9-11,13-14H2,1-2H3,(H,29,31). The largest absolute Gasteiger partial charge is 0.322 e. The highest BCUT2D eigenvalue weighted by Gasteiger charge is 2.27. The number of rotatable bonds is 5. The third kappa shape index (κ3) is 4.52. The first kappa shape index (κ1) is 20.8. The number of aryl methyl sites for hydroxylation is 2. The van der Waals surface area contributed by atoms with Crippen molar-refractivity contribution in [3.63, 3.8) is 0 Å². The average molecular weight is 414 g/mol. The molecule has 1 saturated heterocycles. The molecule has 1 aliphatic rings. The Hall–Kier alpha value is -3.43. The quantitative estimate of drug-likeness (QED) is 0.654. The second-order valence-corrected chi connectivity index (χ2v) is 8.13. The Morgan fingerprint density at radius 2 is 1.90 bits per heavy atom. The molecule has 158 valence electrons. The van der Waals surface area contributed by atoms with E-state index in [4.69, 9.17) is 5.26 Å². The molecule has 2 N–H and O–H groups in total. The van der Waals surface area contributed by atoms with Gasteiger partial charge in [0.25, 0.3) is 5.91 Å². The number of nitrogens with one attached hydrogen (secondary N) is 2. The Kier molecular flexibility index (Phi) is 6.15. The van der Waals surface area contributed by atoms with Gasteiger partial charge in [0.2, 0.25) is 0 Å². The molecule has 1 aromatic heterocycles. The zero-order valence-electron chi connectivity index (χ0n) is 18.0. The minimum Gasteiger partial charge on any atom is -0.322 e. The van der Waals surface area contributed by atoms with Crippen molar-refractivity contribution in [3.8, 4) is 11.8 Å². The number of hydrogen-bond donors (Lipinski definition) is 2. The first-order chi connectivity index (χ1) is 15.1. The second kappa shape index (κ2) is 9.15. The average Bonchev–Trinajstić information content (AvgIpc) is 3.23. The van der Waals surface area contributed by atoms with Gasteiger partial charge in [-0.05, 0) is 80.7 Å². The number of anilines is 1. The van der Waals surface area contributed by atoms with Gasteiger partial charge in [0.15, 0.2) is 0 Å². The van der Waals surface area contributed by atoms with Crippen molar-refractivity contribution < 1.29 is 4.79 Å². The van der Waals surface area contributed by atoms with E-state index >= 15 is 0 Å². The van der Waals surface area contributed by atoms with E-state index < -0.39 is 0 Å². The molecule has 0 saturated carbocycles. The number of hydrogen-bond acceptors (Lipinski definition) is 4. The van der Waals surface area contributed by atoms with Crippen LogP contribution in [0.25, 0.3) is 5.69 Å². The monoisotopic (exact) mass is 413 g/mol. The van der Waals surface area contributed by atoms with Gasteiger partial charge in [0.05, 0.1) is 35.6 Å². The zero-order valence-corrected chi connectivity index (χ0v) is 18.0. The van der Waals surface area contributed by atoms with Crippen LogP contribution in [-0.2, 0) is 6.42 Å². The maximum Gasteiger partial charge on any atom is 0.259 e. The van der Waals surface area contributed by atoms with E-state index in [1.54, 1.807) is 6.20 Å². The summed E-state index contributed by atoms with van der Waals surface area (Å²) in [5, 5.41) is 19.9. The summed E-state index contributed by atoms with van der Waals surface area (Å²) in [4.78, 5) is 13.2. The molecule has 0 spiro atoms. The number of nitriles is 1. The molecule has 0 radical (unpaired) electrons. The van der Waals surface area contributed by atoms with Gasteiger partial charge in [0, 0.05) is 11.6 Å². The SMILES string of the molecule is Cc1ccc(-n2ncc(C(=O)Nc3ccc(CC#N)cc3)c2C2CCNCC2)cc1C. The first-order valence-corrected chi connectivity index (χ1v) is 10.7. The summed E-state index contributed by atoms with van der Waals surface area (Å²) >= 11 is 0. The molecule has 1 fully saturated rings. The van der Waals surface area contributed by atoms with E-state index in [-0.39, 0.29) is 11.8 Å². The van der Waals surface area contributed by atoms with Crippen LogP contribution in [0.1, 0.15) is 51.5 Å². The van der Waals surface area contributed by atoms with Crippen molar-refractivity contribution in [2.24, 2.45) is 0 Å². The van der Waals surface area contributed by atoms with Crippen LogP contribution >= 0.6 is 0 Å². The summed E-state index contributed by atoms with van der Waals surface area (Å²) in [6.07, 6.45) is 3.99. The highest BCUT2D eigenvalue weighted by Crippen LogP contribution is 2.31. The normalized spacial score (nSPS) is 14.2. The van der Waals surface area contributed by atoms with Gasteiger partial charge in [-0.25, -0.2) is 4.68 Å². The molecule has 1 amide bonds. The van der Waals surface area contributed by atoms with Gasteiger partial charge in [-0.2, -0.15) is 10.4 Å². The van der Waals surface area contributed by atoms with Gasteiger partial charge < -0.3 is 10.6 Å². The van der Waals surface area contributed by atoms with Crippen LogP contribution in [0.2, 0.25) is 0 Å². The molecule has 2 aromatic carbocycles. The molecule has 3 aromatic rings. The lowest BCUT2D eigenvalue weighted by Crippen LogP contribution is -2.29. The number of benzene rings is 2. The fourth-order valence-electron chi connectivity index (χ4n) is 4.08. The summed E-state index contributed by atoms with van der Waals surface area (Å²) in [7, 11) is 0. The summed E-state index contributed by atoms with van der Waals surface area (Å²) < 4.78 is 1.94. The molecule has 6 nitrogen and oxygen atoms in total. The summed E-state index contributed by atoms with van der Waals surface area (Å²) in [5.41, 5.74) is 6.65. The van der Waals surface area contributed by atoms with Crippen molar-refractivity contribution >= 4 is 11.6 Å². The zero-order chi connectivity index (χ0) is 21.8. The molecular formula is C25H27N5O. The number of carbonyl (C=O) groups excluding carboxylic acids is 1. The van der Waals surface area contributed by atoms with E-state index in [1.165, 1.54) is 11.1 Å². The minimum absolute atomic E-state index is 0.156. The van der Waals surface area contributed by atoms with E-state index in [2.05, 4.69) is 53.8 Å². The van der Waals surface area contributed by atoms with Crippen LogP contribution in [-0.4, -0.2) is 28.8 Å². The second-order valence-electron chi connectivity index (χ2n) is 8.13. The minimum atomic E-state index is -0.156. The predicted octanol–water partition coefficient (Wildman–Crippen LogP) is 4.27. The number of amides is 1. The maximum absolute atomic E-state index is 13.2.